The molecule has 1 saturated carbocycles. The van der Waals surface area contributed by atoms with Gasteiger partial charge in [0.05, 0.1) is 13.2 Å². The number of hydrogen-bond donors (Lipinski definition) is 0. The van der Waals surface area contributed by atoms with E-state index in [1.54, 1.807) is 19.1 Å². The summed E-state index contributed by atoms with van der Waals surface area (Å²) < 4.78 is 16.8. The molecule has 0 bridgehead atoms. The van der Waals surface area contributed by atoms with Crippen LogP contribution in [0.3, 0.4) is 0 Å². The van der Waals surface area contributed by atoms with Crippen LogP contribution >= 0.6 is 0 Å². The molecule has 2 aromatic carbocycles. The second-order valence-electron chi connectivity index (χ2n) is 7.47. The second kappa shape index (κ2) is 8.54. The highest BCUT2D eigenvalue weighted by Crippen LogP contribution is 2.41. The zero-order valence-electron chi connectivity index (χ0n) is 17.3. The van der Waals surface area contributed by atoms with Crippen molar-refractivity contribution in [3.8, 4) is 23.3 Å². The fourth-order valence-electron chi connectivity index (χ4n) is 3.57. The van der Waals surface area contributed by atoms with E-state index in [1.807, 2.05) is 49.4 Å². The first-order chi connectivity index (χ1) is 13.9. The number of rotatable bonds is 7. The summed E-state index contributed by atoms with van der Waals surface area (Å²) in [7, 11) is 4.89. The molecular weight excluding hydrogens is 368 g/mol. The fraction of sp³-hybridized carbons (Fsp3) is 0.391. The van der Waals surface area contributed by atoms with Crippen LogP contribution in [0.25, 0.3) is 0 Å². The molecule has 3 rings (SSSR count). The van der Waals surface area contributed by atoms with Gasteiger partial charge in [-0.25, -0.2) is 0 Å². The number of methoxy groups -OCH3 is 2. The molecule has 152 valence electrons. The Labute approximate surface area is 171 Å². The molecule has 0 spiro atoms. The molecule has 6 heteroatoms. The van der Waals surface area contributed by atoms with Crippen molar-refractivity contribution in [1.29, 1.82) is 5.26 Å². The maximum Gasteiger partial charge on any atom is 0.226 e. The van der Waals surface area contributed by atoms with Gasteiger partial charge in [0.25, 0.3) is 0 Å². The highest BCUT2D eigenvalue weighted by atomic mass is 16.5. The van der Waals surface area contributed by atoms with Crippen molar-refractivity contribution in [1.82, 2.24) is 4.90 Å². The smallest absolute Gasteiger partial charge is 0.226 e. The maximum atomic E-state index is 12.8. The van der Waals surface area contributed by atoms with Crippen molar-refractivity contribution in [2.75, 3.05) is 21.3 Å². The number of nitrogens with zero attached hydrogens (tertiary/aromatic N) is 2. The lowest BCUT2D eigenvalue weighted by Crippen LogP contribution is -2.50. The van der Waals surface area contributed by atoms with Gasteiger partial charge in [-0.05, 0) is 30.7 Å². The van der Waals surface area contributed by atoms with Gasteiger partial charge in [-0.3, -0.25) is 4.79 Å². The Kier molecular flexibility index (Phi) is 6.09. The van der Waals surface area contributed by atoms with Gasteiger partial charge in [0.1, 0.15) is 5.75 Å². The predicted molar refractivity (Wildman–Crippen MR) is 109 cm³/mol. The van der Waals surface area contributed by atoms with Crippen molar-refractivity contribution in [3.05, 3.63) is 53.6 Å². The first kappa shape index (κ1) is 20.7. The number of ether oxygens (including phenoxy) is 3. The molecule has 0 atom stereocenters. The zero-order valence-corrected chi connectivity index (χ0v) is 17.3. The summed E-state index contributed by atoms with van der Waals surface area (Å²) in [4.78, 5) is 14.4. The number of carbonyl (C=O) groups is 1. The monoisotopic (exact) mass is 394 g/mol. The first-order valence-electron chi connectivity index (χ1n) is 9.53. The Morgan fingerprint density at radius 1 is 1.17 bits per heavy atom. The molecule has 0 heterocycles. The third-order valence-electron chi connectivity index (χ3n) is 5.39. The van der Waals surface area contributed by atoms with E-state index in [0.717, 1.165) is 11.1 Å². The van der Waals surface area contributed by atoms with Gasteiger partial charge in [-0.1, -0.05) is 24.3 Å². The summed E-state index contributed by atoms with van der Waals surface area (Å²) in [5.74, 6) is 1.77. The molecule has 1 aliphatic carbocycles. The number of nitriles is 1. The Morgan fingerprint density at radius 3 is 2.55 bits per heavy atom. The van der Waals surface area contributed by atoms with E-state index >= 15 is 0 Å². The molecule has 2 aromatic rings. The van der Waals surface area contributed by atoms with Gasteiger partial charge in [0.2, 0.25) is 5.91 Å². The van der Waals surface area contributed by atoms with Crippen LogP contribution < -0.4 is 9.47 Å². The van der Waals surface area contributed by atoms with Crippen molar-refractivity contribution < 1.29 is 19.0 Å². The lowest BCUT2D eigenvalue weighted by molar-refractivity contribution is -0.148. The van der Waals surface area contributed by atoms with Crippen molar-refractivity contribution in [2.24, 2.45) is 5.92 Å². The number of aryl methyl sites for hydroxylation is 1. The minimum absolute atomic E-state index is 0.00986. The van der Waals surface area contributed by atoms with Crippen LogP contribution in [0.15, 0.2) is 42.5 Å². The van der Waals surface area contributed by atoms with Crippen LogP contribution in [-0.4, -0.2) is 37.7 Å². The van der Waals surface area contributed by atoms with Crippen molar-refractivity contribution >= 4 is 5.91 Å². The van der Waals surface area contributed by atoms with Gasteiger partial charge >= 0.3 is 0 Å². The predicted octanol–water partition coefficient (Wildman–Crippen LogP) is 4.07. The highest BCUT2D eigenvalue weighted by molar-refractivity contribution is 5.80. The van der Waals surface area contributed by atoms with E-state index in [1.165, 1.54) is 7.11 Å². The third kappa shape index (κ3) is 4.36. The van der Waals surface area contributed by atoms with E-state index in [0.29, 0.717) is 36.6 Å². The number of amides is 1. The van der Waals surface area contributed by atoms with E-state index in [4.69, 9.17) is 14.2 Å². The van der Waals surface area contributed by atoms with Crippen LogP contribution in [0.5, 0.6) is 17.2 Å². The molecule has 0 N–H and O–H groups in total. The second-order valence-corrected chi connectivity index (χ2v) is 7.47. The van der Waals surface area contributed by atoms with Gasteiger partial charge in [0, 0.05) is 45.0 Å². The van der Waals surface area contributed by atoms with Crippen LogP contribution in [0.4, 0.5) is 0 Å². The number of para-hydroxylation sites is 1. The Morgan fingerprint density at radius 2 is 1.90 bits per heavy atom. The Bertz CT molecular complexity index is 929. The lowest BCUT2D eigenvalue weighted by atomic mass is 9.71. The standard InChI is InChI=1S/C23H26N2O4/c1-16-9-10-20(21(11-16)27-3)29-19-8-6-5-7-17(19)14-25(2)22(26)18-12-23(13-18,15-24)28-4/h5-11,18H,12-14H2,1-4H3. The minimum atomic E-state index is -0.815. The van der Waals surface area contributed by atoms with Gasteiger partial charge < -0.3 is 19.1 Å². The van der Waals surface area contributed by atoms with E-state index in [9.17, 15) is 10.1 Å². The van der Waals surface area contributed by atoms with Crippen LogP contribution in [-0.2, 0) is 16.1 Å². The molecule has 6 nitrogen and oxygen atoms in total. The van der Waals surface area contributed by atoms with Crippen LogP contribution in [0.2, 0.25) is 0 Å². The molecule has 0 radical (unpaired) electrons. The minimum Gasteiger partial charge on any atom is -0.493 e. The zero-order chi connectivity index (χ0) is 21.0. The molecule has 0 saturated heterocycles. The largest absolute Gasteiger partial charge is 0.493 e. The molecule has 0 aliphatic heterocycles. The molecule has 1 amide bonds. The summed E-state index contributed by atoms with van der Waals surface area (Å²) in [6.07, 6.45) is 0.865. The van der Waals surface area contributed by atoms with Gasteiger partial charge in [-0.15, -0.1) is 0 Å². The quantitative estimate of drug-likeness (QED) is 0.708. The Hall–Kier alpha value is -3.04. The molecule has 1 aliphatic rings. The van der Waals surface area contributed by atoms with Gasteiger partial charge in [-0.2, -0.15) is 5.26 Å². The summed E-state index contributed by atoms with van der Waals surface area (Å²) >= 11 is 0. The van der Waals surface area contributed by atoms with Crippen LogP contribution in [0.1, 0.15) is 24.0 Å². The molecule has 0 aromatic heterocycles. The summed E-state index contributed by atoms with van der Waals surface area (Å²) in [6, 6.07) is 15.6. The fourth-order valence-corrected chi connectivity index (χ4v) is 3.57. The van der Waals surface area contributed by atoms with E-state index in [-0.39, 0.29) is 11.8 Å². The number of carbonyl (C=O) groups excluding carboxylic acids is 1. The third-order valence-corrected chi connectivity index (χ3v) is 5.39. The lowest BCUT2D eigenvalue weighted by Gasteiger charge is -2.41. The summed E-state index contributed by atoms with van der Waals surface area (Å²) in [5.41, 5.74) is 1.16. The molecule has 0 unspecified atom stereocenters. The molecule has 29 heavy (non-hydrogen) atoms. The van der Waals surface area contributed by atoms with Crippen molar-refractivity contribution in [2.45, 2.75) is 31.9 Å². The first-order valence-corrected chi connectivity index (χ1v) is 9.53. The number of hydrogen-bond acceptors (Lipinski definition) is 5. The van der Waals surface area contributed by atoms with Gasteiger partial charge in [0.15, 0.2) is 17.1 Å². The summed E-state index contributed by atoms with van der Waals surface area (Å²) in [6.45, 7) is 2.40. The SMILES string of the molecule is COc1cc(C)ccc1Oc1ccccc1CN(C)C(=O)C1CC(C#N)(OC)C1. The molecule has 1 fully saturated rings. The van der Waals surface area contributed by atoms with Crippen LogP contribution in [0, 0.1) is 24.2 Å². The Balaban J connectivity index is 1.71. The highest BCUT2D eigenvalue weighted by Gasteiger charge is 2.49. The normalized spacial score (nSPS) is 20.3. The van der Waals surface area contributed by atoms with Crippen molar-refractivity contribution in [3.63, 3.8) is 0 Å². The molecular formula is C23H26N2O4. The summed E-state index contributed by atoms with van der Waals surface area (Å²) in [5, 5.41) is 9.22. The van der Waals surface area contributed by atoms with E-state index in [2.05, 4.69) is 6.07 Å². The number of benzene rings is 2. The topological polar surface area (TPSA) is 71.8 Å². The van der Waals surface area contributed by atoms with E-state index < -0.39 is 5.60 Å². The average Bonchev–Trinajstić information content (AvgIpc) is 2.70. The maximum absolute atomic E-state index is 12.8. The average molecular weight is 394 g/mol.